The van der Waals surface area contributed by atoms with E-state index < -0.39 is 30.2 Å². The SMILES string of the molecule is CCC(CO)N1C[C@H](O)[C@H]2OC(C)(C)O[C@@H]2[C@@H](O)C1. The van der Waals surface area contributed by atoms with Crippen LogP contribution in [0.3, 0.4) is 0 Å². The molecule has 0 bridgehead atoms. The Balaban J connectivity index is 2.13. The molecule has 2 aliphatic rings. The molecule has 19 heavy (non-hydrogen) atoms. The Kier molecular flexibility index (Phi) is 4.49. The van der Waals surface area contributed by atoms with Crippen LogP contribution in [0, 0.1) is 0 Å². The summed E-state index contributed by atoms with van der Waals surface area (Å²) in [5.41, 5.74) is 0. The van der Waals surface area contributed by atoms with E-state index >= 15 is 0 Å². The monoisotopic (exact) mass is 275 g/mol. The molecule has 2 fully saturated rings. The second-order valence-electron chi connectivity index (χ2n) is 5.90. The first-order valence-electron chi connectivity index (χ1n) is 6.94. The number of likely N-dealkylation sites (tertiary alicyclic amines) is 1. The van der Waals surface area contributed by atoms with Crippen molar-refractivity contribution < 1.29 is 24.8 Å². The van der Waals surface area contributed by atoms with Gasteiger partial charge in [-0.2, -0.15) is 0 Å². The Hall–Kier alpha value is -0.240. The van der Waals surface area contributed by atoms with E-state index in [1.54, 1.807) is 13.8 Å². The maximum absolute atomic E-state index is 10.3. The maximum atomic E-state index is 10.3. The number of ether oxygens (including phenoxy) is 2. The first-order valence-corrected chi connectivity index (χ1v) is 6.94. The van der Waals surface area contributed by atoms with Gasteiger partial charge < -0.3 is 24.8 Å². The van der Waals surface area contributed by atoms with E-state index in [0.717, 1.165) is 6.42 Å². The molecule has 6 nitrogen and oxygen atoms in total. The predicted octanol–water partition coefficient (Wildman–Crippen LogP) is -0.685. The smallest absolute Gasteiger partial charge is 0.164 e. The topological polar surface area (TPSA) is 82.4 Å². The lowest BCUT2D eigenvalue weighted by Gasteiger charge is -2.31. The molecule has 2 saturated heterocycles. The van der Waals surface area contributed by atoms with Crippen molar-refractivity contribution in [2.24, 2.45) is 0 Å². The van der Waals surface area contributed by atoms with Crippen molar-refractivity contribution in [3.63, 3.8) is 0 Å². The molecule has 0 aromatic carbocycles. The van der Waals surface area contributed by atoms with E-state index in [0.29, 0.717) is 13.1 Å². The lowest BCUT2D eigenvalue weighted by molar-refractivity contribution is -0.166. The number of rotatable bonds is 3. The quantitative estimate of drug-likeness (QED) is 0.633. The van der Waals surface area contributed by atoms with Gasteiger partial charge in [0.15, 0.2) is 5.79 Å². The van der Waals surface area contributed by atoms with Gasteiger partial charge in [-0.15, -0.1) is 0 Å². The molecule has 112 valence electrons. The molecule has 0 radical (unpaired) electrons. The number of nitrogens with zero attached hydrogens (tertiary/aromatic N) is 1. The summed E-state index contributed by atoms with van der Waals surface area (Å²) in [6.45, 7) is 6.29. The first-order chi connectivity index (χ1) is 8.88. The van der Waals surface area contributed by atoms with Crippen LogP contribution in [0.5, 0.6) is 0 Å². The minimum atomic E-state index is -0.777. The van der Waals surface area contributed by atoms with Crippen molar-refractivity contribution >= 4 is 0 Å². The molecular weight excluding hydrogens is 250 g/mol. The molecule has 1 unspecified atom stereocenters. The van der Waals surface area contributed by atoms with E-state index in [-0.39, 0.29) is 12.6 Å². The third-order valence-corrected chi connectivity index (χ3v) is 3.96. The molecule has 0 saturated carbocycles. The molecule has 0 aromatic rings. The molecule has 0 aromatic heterocycles. The minimum absolute atomic E-state index is 0.0124. The first kappa shape index (κ1) is 15.2. The van der Waals surface area contributed by atoms with Crippen LogP contribution in [0.15, 0.2) is 0 Å². The normalized spacial score (nSPS) is 40.7. The predicted molar refractivity (Wildman–Crippen MR) is 68.6 cm³/mol. The average molecular weight is 275 g/mol. The molecule has 2 aliphatic heterocycles. The van der Waals surface area contributed by atoms with Gasteiger partial charge in [0.25, 0.3) is 0 Å². The molecule has 2 rings (SSSR count). The van der Waals surface area contributed by atoms with Crippen LogP contribution < -0.4 is 0 Å². The van der Waals surface area contributed by atoms with Gasteiger partial charge >= 0.3 is 0 Å². The van der Waals surface area contributed by atoms with Crippen molar-refractivity contribution in [1.29, 1.82) is 0 Å². The van der Waals surface area contributed by atoms with Gasteiger partial charge in [0.1, 0.15) is 12.2 Å². The van der Waals surface area contributed by atoms with E-state index in [2.05, 4.69) is 0 Å². The lowest BCUT2D eigenvalue weighted by Crippen LogP contribution is -2.45. The average Bonchev–Trinajstić information content (AvgIpc) is 2.61. The number of fused-ring (bicyclic) bond motifs is 1. The van der Waals surface area contributed by atoms with Crippen LogP contribution in [0.1, 0.15) is 27.2 Å². The molecular formula is C13H25NO5. The summed E-state index contributed by atoms with van der Waals surface area (Å²) in [4.78, 5) is 1.91. The van der Waals surface area contributed by atoms with E-state index in [1.165, 1.54) is 0 Å². The number of aliphatic hydroxyl groups excluding tert-OH is 3. The van der Waals surface area contributed by atoms with Gasteiger partial charge in [-0.05, 0) is 20.3 Å². The highest BCUT2D eigenvalue weighted by atomic mass is 16.8. The molecule has 2 heterocycles. The van der Waals surface area contributed by atoms with Gasteiger partial charge in [0.2, 0.25) is 0 Å². The van der Waals surface area contributed by atoms with Gasteiger partial charge in [-0.3, -0.25) is 4.90 Å². The number of hydrogen-bond acceptors (Lipinski definition) is 6. The van der Waals surface area contributed by atoms with Crippen LogP contribution in [-0.4, -0.2) is 76.2 Å². The largest absolute Gasteiger partial charge is 0.395 e. The van der Waals surface area contributed by atoms with Crippen LogP contribution in [0.2, 0.25) is 0 Å². The third-order valence-electron chi connectivity index (χ3n) is 3.96. The van der Waals surface area contributed by atoms with Crippen molar-refractivity contribution in [2.45, 2.75) is 63.4 Å². The summed E-state index contributed by atoms with van der Waals surface area (Å²) >= 11 is 0. The zero-order valence-corrected chi connectivity index (χ0v) is 11.8. The molecule has 5 atom stereocenters. The van der Waals surface area contributed by atoms with Crippen LogP contribution in [0.25, 0.3) is 0 Å². The van der Waals surface area contributed by atoms with Crippen LogP contribution in [0.4, 0.5) is 0 Å². The fourth-order valence-electron chi connectivity index (χ4n) is 2.98. The summed E-state index contributed by atoms with van der Waals surface area (Å²) < 4.78 is 11.4. The Morgan fingerprint density at radius 2 is 1.63 bits per heavy atom. The summed E-state index contributed by atoms with van der Waals surface area (Å²) in [6, 6.07) is -0.0591. The molecule has 0 aliphatic carbocycles. The number of β-amino-alcohol motifs (C(OH)–C–C–N with tert-alkyl or cyclic N) is 2. The fraction of sp³-hybridized carbons (Fsp3) is 1.00. The fourth-order valence-corrected chi connectivity index (χ4v) is 2.98. The second kappa shape index (κ2) is 5.63. The van der Waals surface area contributed by atoms with E-state index in [1.807, 2.05) is 11.8 Å². The van der Waals surface area contributed by atoms with Gasteiger partial charge in [0, 0.05) is 19.1 Å². The van der Waals surface area contributed by atoms with Crippen molar-refractivity contribution in [2.75, 3.05) is 19.7 Å². The second-order valence-corrected chi connectivity index (χ2v) is 5.90. The van der Waals surface area contributed by atoms with Gasteiger partial charge in [-0.25, -0.2) is 0 Å². The third kappa shape index (κ3) is 3.09. The molecule has 0 amide bonds. The highest BCUT2D eigenvalue weighted by Crippen LogP contribution is 2.34. The summed E-state index contributed by atoms with van der Waals surface area (Å²) in [5, 5.41) is 29.9. The minimum Gasteiger partial charge on any atom is -0.395 e. The lowest BCUT2D eigenvalue weighted by atomic mass is 10.1. The Morgan fingerprint density at radius 3 is 2.00 bits per heavy atom. The Labute approximate surface area is 113 Å². The molecule has 3 N–H and O–H groups in total. The summed E-state index contributed by atoms with van der Waals surface area (Å²) in [7, 11) is 0. The Bertz CT molecular complexity index is 285. The highest BCUT2D eigenvalue weighted by Gasteiger charge is 2.50. The maximum Gasteiger partial charge on any atom is 0.164 e. The zero-order valence-electron chi connectivity index (χ0n) is 11.8. The van der Waals surface area contributed by atoms with E-state index in [9.17, 15) is 15.3 Å². The zero-order chi connectivity index (χ0) is 14.2. The summed E-state index contributed by atoms with van der Waals surface area (Å²) in [6.07, 6.45) is -1.75. The van der Waals surface area contributed by atoms with Gasteiger partial charge in [-0.1, -0.05) is 6.92 Å². The van der Waals surface area contributed by atoms with Crippen molar-refractivity contribution in [1.82, 2.24) is 4.90 Å². The molecule has 6 heteroatoms. The van der Waals surface area contributed by atoms with Crippen molar-refractivity contribution in [3.8, 4) is 0 Å². The molecule has 0 spiro atoms. The number of aliphatic hydroxyl groups is 3. The number of hydrogen-bond donors (Lipinski definition) is 3. The van der Waals surface area contributed by atoms with Crippen LogP contribution in [-0.2, 0) is 9.47 Å². The van der Waals surface area contributed by atoms with Crippen molar-refractivity contribution in [3.05, 3.63) is 0 Å². The van der Waals surface area contributed by atoms with E-state index in [4.69, 9.17) is 9.47 Å². The Morgan fingerprint density at radius 1 is 1.16 bits per heavy atom. The highest BCUT2D eigenvalue weighted by molar-refractivity contribution is 4.96. The summed E-state index contributed by atoms with van der Waals surface area (Å²) in [5.74, 6) is -0.777. The van der Waals surface area contributed by atoms with Crippen LogP contribution >= 0.6 is 0 Å². The van der Waals surface area contributed by atoms with Gasteiger partial charge in [0.05, 0.1) is 18.8 Å². The standard InChI is InChI=1S/C13H25NO5/c1-4-8(7-15)14-5-9(16)11-12(10(17)6-14)19-13(2,3)18-11/h8-12,15-17H,4-7H2,1-3H3/t8?,9-,10-,11+,12+/m0/s1.